The molecule has 17 heavy (non-hydrogen) atoms. The summed E-state index contributed by atoms with van der Waals surface area (Å²) in [6.45, 7) is 3.81. The van der Waals surface area contributed by atoms with Gasteiger partial charge in [-0.25, -0.2) is 0 Å². The van der Waals surface area contributed by atoms with Gasteiger partial charge in [0, 0.05) is 25.2 Å². The van der Waals surface area contributed by atoms with E-state index in [9.17, 15) is 5.11 Å². The summed E-state index contributed by atoms with van der Waals surface area (Å²) in [5.74, 6) is 0.883. The minimum atomic E-state index is 0.0929. The van der Waals surface area contributed by atoms with Gasteiger partial charge in [-0.2, -0.15) is 0 Å². The van der Waals surface area contributed by atoms with E-state index in [4.69, 9.17) is 9.47 Å². The van der Waals surface area contributed by atoms with Crippen molar-refractivity contribution in [1.29, 1.82) is 0 Å². The van der Waals surface area contributed by atoms with Crippen molar-refractivity contribution in [3.05, 3.63) is 0 Å². The van der Waals surface area contributed by atoms with Crippen molar-refractivity contribution in [2.75, 3.05) is 33.0 Å². The molecule has 0 radical (unpaired) electrons. The molecule has 2 heterocycles. The van der Waals surface area contributed by atoms with Crippen LogP contribution in [0.15, 0.2) is 0 Å². The molecule has 0 aromatic rings. The Labute approximate surface area is 104 Å². The number of aliphatic hydroxyl groups excluding tert-OH is 1. The summed E-state index contributed by atoms with van der Waals surface area (Å²) >= 11 is 0. The maximum absolute atomic E-state index is 9.47. The lowest BCUT2D eigenvalue weighted by atomic mass is 9.82. The predicted molar refractivity (Wildman–Crippen MR) is 67.0 cm³/mol. The van der Waals surface area contributed by atoms with E-state index in [-0.39, 0.29) is 5.41 Å². The van der Waals surface area contributed by atoms with Crippen LogP contribution >= 0.6 is 0 Å². The van der Waals surface area contributed by atoms with Crippen LogP contribution < -0.4 is 0 Å². The molecule has 0 spiro atoms. The van der Waals surface area contributed by atoms with Crippen LogP contribution in [0, 0.1) is 11.3 Å². The molecule has 0 aromatic heterocycles. The van der Waals surface area contributed by atoms with Crippen molar-refractivity contribution >= 4 is 0 Å². The van der Waals surface area contributed by atoms with Gasteiger partial charge in [-0.05, 0) is 31.6 Å². The van der Waals surface area contributed by atoms with Crippen molar-refractivity contribution in [3.8, 4) is 0 Å². The van der Waals surface area contributed by atoms with E-state index in [0.717, 1.165) is 45.2 Å². The molecule has 0 aliphatic carbocycles. The third-order valence-corrected chi connectivity index (χ3v) is 4.43. The Balaban J connectivity index is 1.58. The fourth-order valence-electron chi connectivity index (χ4n) is 3.02. The van der Waals surface area contributed by atoms with Crippen LogP contribution in [0.3, 0.4) is 0 Å². The highest BCUT2D eigenvalue weighted by Crippen LogP contribution is 2.34. The first kappa shape index (κ1) is 13.3. The number of ether oxygens (including phenoxy) is 2. The normalized spacial score (nSPS) is 30.9. The van der Waals surface area contributed by atoms with Gasteiger partial charge in [-0.15, -0.1) is 0 Å². The van der Waals surface area contributed by atoms with Gasteiger partial charge >= 0.3 is 0 Å². The molecule has 2 saturated heterocycles. The molecule has 2 aliphatic heterocycles. The van der Waals surface area contributed by atoms with Crippen LogP contribution in [0.1, 0.15) is 44.9 Å². The van der Waals surface area contributed by atoms with Crippen molar-refractivity contribution in [3.63, 3.8) is 0 Å². The van der Waals surface area contributed by atoms with E-state index in [2.05, 4.69) is 0 Å². The lowest BCUT2D eigenvalue weighted by Gasteiger charge is -2.25. The highest BCUT2D eigenvalue weighted by Gasteiger charge is 2.33. The molecule has 2 aliphatic rings. The summed E-state index contributed by atoms with van der Waals surface area (Å²) in [6.07, 6.45) is 8.54. The van der Waals surface area contributed by atoms with Gasteiger partial charge in [-0.1, -0.05) is 19.3 Å². The van der Waals surface area contributed by atoms with Gasteiger partial charge in [0.05, 0.1) is 13.2 Å². The Morgan fingerprint density at radius 2 is 1.88 bits per heavy atom. The Bertz CT molecular complexity index is 206. The number of rotatable bonds is 6. The van der Waals surface area contributed by atoms with Gasteiger partial charge in [0.15, 0.2) is 0 Å². The highest BCUT2D eigenvalue weighted by molar-refractivity contribution is 4.82. The second-order valence-electron chi connectivity index (χ2n) is 5.76. The van der Waals surface area contributed by atoms with E-state index in [1.165, 1.54) is 32.1 Å². The summed E-state index contributed by atoms with van der Waals surface area (Å²) in [7, 11) is 0. The van der Waals surface area contributed by atoms with Crippen LogP contribution in [0.4, 0.5) is 0 Å². The van der Waals surface area contributed by atoms with Crippen LogP contribution in [-0.2, 0) is 9.47 Å². The zero-order chi connectivity index (χ0) is 12.0. The molecule has 1 atom stereocenters. The van der Waals surface area contributed by atoms with E-state index in [1.54, 1.807) is 0 Å². The molecule has 2 fully saturated rings. The molecule has 1 unspecified atom stereocenters. The highest BCUT2D eigenvalue weighted by atomic mass is 16.5. The number of aliphatic hydroxyl groups is 1. The third-order valence-electron chi connectivity index (χ3n) is 4.43. The first-order valence-corrected chi connectivity index (χ1v) is 7.11. The predicted octanol–water partition coefficient (Wildman–Crippen LogP) is 2.37. The summed E-state index contributed by atoms with van der Waals surface area (Å²) in [4.78, 5) is 0. The van der Waals surface area contributed by atoms with Crippen molar-refractivity contribution in [2.24, 2.45) is 11.3 Å². The molecule has 3 nitrogen and oxygen atoms in total. The molecule has 1 N–H and O–H groups in total. The quantitative estimate of drug-likeness (QED) is 0.727. The molecular weight excluding hydrogens is 216 g/mol. The van der Waals surface area contributed by atoms with Gasteiger partial charge in [0.25, 0.3) is 0 Å². The maximum atomic E-state index is 9.47. The summed E-state index contributed by atoms with van der Waals surface area (Å²) in [5.41, 5.74) is 0.0929. The summed E-state index contributed by atoms with van der Waals surface area (Å²) in [6, 6.07) is 0. The van der Waals surface area contributed by atoms with Crippen molar-refractivity contribution in [1.82, 2.24) is 0 Å². The van der Waals surface area contributed by atoms with Gasteiger partial charge in [0.1, 0.15) is 0 Å². The lowest BCUT2D eigenvalue weighted by molar-refractivity contribution is 0.0611. The zero-order valence-electron chi connectivity index (χ0n) is 10.8. The number of unbranched alkanes of at least 4 members (excludes halogenated alkanes) is 1. The van der Waals surface area contributed by atoms with Gasteiger partial charge in [-0.3, -0.25) is 0 Å². The standard InChI is InChI=1S/C14H26O3/c15-11-14(7-10-17-12-14)6-2-1-3-13-4-8-16-9-5-13/h13,15H,1-12H2. The van der Waals surface area contributed by atoms with Gasteiger partial charge in [0.2, 0.25) is 0 Å². The Morgan fingerprint density at radius 1 is 1.06 bits per heavy atom. The van der Waals surface area contributed by atoms with Crippen LogP contribution in [0.5, 0.6) is 0 Å². The van der Waals surface area contributed by atoms with Gasteiger partial charge < -0.3 is 14.6 Å². The van der Waals surface area contributed by atoms with E-state index in [0.29, 0.717) is 6.61 Å². The fraction of sp³-hybridized carbons (Fsp3) is 1.00. The molecule has 0 aromatic carbocycles. The Hall–Kier alpha value is -0.120. The monoisotopic (exact) mass is 242 g/mol. The summed E-state index contributed by atoms with van der Waals surface area (Å²) < 4.78 is 10.8. The lowest BCUT2D eigenvalue weighted by Crippen LogP contribution is -2.25. The van der Waals surface area contributed by atoms with Crippen molar-refractivity contribution < 1.29 is 14.6 Å². The molecule has 2 rings (SSSR count). The minimum absolute atomic E-state index is 0.0929. The first-order valence-electron chi connectivity index (χ1n) is 7.11. The summed E-state index contributed by atoms with van der Waals surface area (Å²) in [5, 5.41) is 9.47. The van der Waals surface area contributed by atoms with Crippen LogP contribution in [0.25, 0.3) is 0 Å². The van der Waals surface area contributed by atoms with Crippen LogP contribution in [0.2, 0.25) is 0 Å². The average Bonchev–Trinajstić information content (AvgIpc) is 2.85. The molecule has 0 amide bonds. The zero-order valence-corrected chi connectivity index (χ0v) is 10.8. The molecule has 0 saturated carbocycles. The second-order valence-corrected chi connectivity index (χ2v) is 5.76. The fourth-order valence-corrected chi connectivity index (χ4v) is 3.02. The topological polar surface area (TPSA) is 38.7 Å². The van der Waals surface area contributed by atoms with E-state index >= 15 is 0 Å². The SMILES string of the molecule is OCC1(CCCCC2CCOCC2)CCOC1. The molecule has 100 valence electrons. The Kier molecular flexibility index (Phi) is 5.26. The molecule has 0 bridgehead atoms. The van der Waals surface area contributed by atoms with E-state index < -0.39 is 0 Å². The van der Waals surface area contributed by atoms with E-state index in [1.807, 2.05) is 0 Å². The van der Waals surface area contributed by atoms with Crippen molar-refractivity contribution in [2.45, 2.75) is 44.9 Å². The Morgan fingerprint density at radius 3 is 2.53 bits per heavy atom. The molecule has 3 heteroatoms. The first-order chi connectivity index (χ1) is 8.35. The molecular formula is C14H26O3. The van der Waals surface area contributed by atoms with Crippen LogP contribution in [-0.4, -0.2) is 38.1 Å². The largest absolute Gasteiger partial charge is 0.396 e. The third kappa shape index (κ3) is 3.94. The minimum Gasteiger partial charge on any atom is -0.396 e. The number of hydrogen-bond acceptors (Lipinski definition) is 3. The average molecular weight is 242 g/mol. The smallest absolute Gasteiger partial charge is 0.0545 e. The maximum Gasteiger partial charge on any atom is 0.0545 e. The second kappa shape index (κ2) is 6.72. The number of hydrogen-bond donors (Lipinski definition) is 1.